The molecular formula is C21H17NO. The first-order chi connectivity index (χ1) is 11.0. The number of rotatable bonds is 0. The van der Waals surface area contributed by atoms with Crippen LogP contribution in [0.3, 0.4) is 0 Å². The van der Waals surface area contributed by atoms with E-state index >= 15 is 0 Å². The van der Waals surface area contributed by atoms with Crippen LogP contribution in [0.2, 0.25) is 0 Å². The third kappa shape index (κ3) is 1.68. The van der Waals surface area contributed by atoms with E-state index in [2.05, 4.69) is 37.5 Å². The molecule has 0 bridgehead atoms. The highest BCUT2D eigenvalue weighted by atomic mass is 16.2. The lowest BCUT2D eigenvalue weighted by Gasteiger charge is -2.32. The SMILES string of the molecule is C=C(C)C#C[C@H]1c2ccccc2N2C(=O)c3ccccc3[C@@]12C. The van der Waals surface area contributed by atoms with Crippen LogP contribution < -0.4 is 4.90 Å². The van der Waals surface area contributed by atoms with Crippen LogP contribution in [-0.4, -0.2) is 5.91 Å². The Bertz CT molecular complexity index is 915. The van der Waals surface area contributed by atoms with E-state index in [0.29, 0.717) is 0 Å². The van der Waals surface area contributed by atoms with Crippen LogP contribution in [0.4, 0.5) is 5.69 Å². The summed E-state index contributed by atoms with van der Waals surface area (Å²) in [6.07, 6.45) is 0. The van der Waals surface area contributed by atoms with Crippen molar-refractivity contribution < 1.29 is 4.79 Å². The number of allylic oxidation sites excluding steroid dienone is 1. The Hall–Kier alpha value is -2.79. The zero-order valence-electron chi connectivity index (χ0n) is 13.3. The second-order valence-electron chi connectivity index (χ2n) is 6.38. The van der Waals surface area contributed by atoms with Crippen molar-refractivity contribution >= 4 is 11.6 Å². The van der Waals surface area contributed by atoms with E-state index in [1.54, 1.807) is 0 Å². The average molecular weight is 299 g/mol. The van der Waals surface area contributed by atoms with Gasteiger partial charge in [-0.1, -0.05) is 54.8 Å². The fourth-order valence-corrected chi connectivity index (χ4v) is 3.86. The van der Waals surface area contributed by atoms with Gasteiger partial charge in [0.2, 0.25) is 0 Å². The summed E-state index contributed by atoms with van der Waals surface area (Å²) in [6.45, 7) is 7.91. The number of benzene rings is 2. The minimum Gasteiger partial charge on any atom is -0.296 e. The van der Waals surface area contributed by atoms with Gasteiger partial charge in [0, 0.05) is 11.3 Å². The van der Waals surface area contributed by atoms with E-state index in [9.17, 15) is 4.79 Å². The maximum atomic E-state index is 13.0. The largest absolute Gasteiger partial charge is 0.296 e. The molecular weight excluding hydrogens is 282 g/mol. The molecule has 0 saturated carbocycles. The van der Waals surface area contributed by atoms with E-state index in [4.69, 9.17) is 0 Å². The van der Waals surface area contributed by atoms with Crippen LogP contribution in [0.5, 0.6) is 0 Å². The van der Waals surface area contributed by atoms with Crippen LogP contribution in [-0.2, 0) is 5.54 Å². The number of carbonyl (C=O) groups is 1. The molecule has 2 heterocycles. The van der Waals surface area contributed by atoms with Gasteiger partial charge in [0.15, 0.2) is 0 Å². The Balaban J connectivity index is 2.02. The molecule has 2 aliphatic rings. The molecule has 2 atom stereocenters. The van der Waals surface area contributed by atoms with Crippen LogP contribution in [0.15, 0.2) is 60.7 Å². The normalized spacial score (nSPS) is 23.7. The third-order valence-electron chi connectivity index (χ3n) is 4.85. The molecule has 0 aliphatic carbocycles. The minimum absolute atomic E-state index is 0.0528. The fourth-order valence-electron chi connectivity index (χ4n) is 3.86. The molecule has 0 radical (unpaired) electrons. The maximum absolute atomic E-state index is 13.0. The molecule has 0 spiro atoms. The monoisotopic (exact) mass is 299 g/mol. The molecule has 0 fully saturated rings. The van der Waals surface area contributed by atoms with Gasteiger partial charge < -0.3 is 0 Å². The summed E-state index contributed by atoms with van der Waals surface area (Å²) < 4.78 is 0. The number of fused-ring (bicyclic) bond motifs is 5. The highest BCUT2D eigenvalue weighted by Crippen LogP contribution is 2.57. The summed E-state index contributed by atoms with van der Waals surface area (Å²) in [6, 6.07) is 15.9. The zero-order valence-corrected chi connectivity index (χ0v) is 13.3. The number of anilines is 1. The maximum Gasteiger partial charge on any atom is 0.259 e. The Morgan fingerprint density at radius 3 is 2.65 bits per heavy atom. The van der Waals surface area contributed by atoms with E-state index in [-0.39, 0.29) is 11.8 Å². The highest BCUT2D eigenvalue weighted by Gasteiger charge is 2.57. The van der Waals surface area contributed by atoms with Crippen LogP contribution >= 0.6 is 0 Å². The highest BCUT2D eigenvalue weighted by molar-refractivity contribution is 6.14. The number of carbonyl (C=O) groups excluding carboxylic acids is 1. The van der Waals surface area contributed by atoms with Gasteiger partial charge in [-0.05, 0) is 42.7 Å². The van der Waals surface area contributed by atoms with Crippen LogP contribution in [0.1, 0.15) is 41.3 Å². The van der Waals surface area contributed by atoms with Crippen molar-refractivity contribution in [3.8, 4) is 11.8 Å². The van der Waals surface area contributed by atoms with Crippen molar-refractivity contribution in [1.29, 1.82) is 0 Å². The lowest BCUT2D eigenvalue weighted by atomic mass is 9.79. The molecule has 0 unspecified atom stereocenters. The lowest BCUT2D eigenvalue weighted by Crippen LogP contribution is -2.40. The Morgan fingerprint density at radius 1 is 1.17 bits per heavy atom. The van der Waals surface area contributed by atoms with Gasteiger partial charge in [0.25, 0.3) is 5.91 Å². The van der Waals surface area contributed by atoms with Gasteiger partial charge in [-0.3, -0.25) is 9.69 Å². The summed E-state index contributed by atoms with van der Waals surface area (Å²) in [7, 11) is 0. The first-order valence-electron chi connectivity index (χ1n) is 7.75. The topological polar surface area (TPSA) is 20.3 Å². The van der Waals surface area contributed by atoms with Gasteiger partial charge in [0.05, 0.1) is 11.5 Å². The van der Waals surface area contributed by atoms with Crippen LogP contribution in [0.25, 0.3) is 0 Å². The first kappa shape index (κ1) is 13.8. The smallest absolute Gasteiger partial charge is 0.259 e. The quantitative estimate of drug-likeness (QED) is 0.666. The van der Waals surface area contributed by atoms with Crippen molar-refractivity contribution in [2.75, 3.05) is 4.90 Å². The summed E-state index contributed by atoms with van der Waals surface area (Å²) in [5.74, 6) is 6.51. The molecule has 2 nitrogen and oxygen atoms in total. The minimum atomic E-state index is -0.459. The lowest BCUT2D eigenvalue weighted by molar-refractivity contribution is 0.0982. The molecule has 23 heavy (non-hydrogen) atoms. The summed E-state index contributed by atoms with van der Waals surface area (Å²) in [5, 5.41) is 0. The molecule has 0 saturated heterocycles. The summed E-state index contributed by atoms with van der Waals surface area (Å²) >= 11 is 0. The van der Waals surface area contributed by atoms with E-state index in [1.165, 1.54) is 0 Å². The average Bonchev–Trinajstić information content (AvgIpc) is 2.93. The predicted octanol–water partition coefficient (Wildman–Crippen LogP) is 4.24. The van der Waals surface area contributed by atoms with Crippen molar-refractivity contribution in [3.63, 3.8) is 0 Å². The molecule has 2 aromatic carbocycles. The number of hydrogen-bond acceptors (Lipinski definition) is 1. The first-order valence-corrected chi connectivity index (χ1v) is 7.75. The second kappa shape index (κ2) is 4.60. The number of amides is 1. The number of nitrogens with zero attached hydrogens (tertiary/aromatic N) is 1. The standard InChI is InChI=1S/C21H17NO/c1-14(2)12-13-18-15-8-5-7-11-19(15)22-20(23)16-9-4-6-10-17(16)21(18,22)3/h4-11,18H,1H2,2-3H3/t18-,21-/m0/s1. The number of hydrogen-bond donors (Lipinski definition) is 0. The molecule has 112 valence electrons. The van der Waals surface area contributed by atoms with Crippen molar-refractivity contribution in [1.82, 2.24) is 0 Å². The Kier molecular flexibility index (Phi) is 2.77. The molecule has 0 aromatic heterocycles. The van der Waals surface area contributed by atoms with Crippen LogP contribution in [0, 0.1) is 11.8 Å². The van der Waals surface area contributed by atoms with E-state index < -0.39 is 5.54 Å². The summed E-state index contributed by atoms with van der Waals surface area (Å²) in [4.78, 5) is 14.9. The van der Waals surface area contributed by atoms with Crippen molar-refractivity contribution in [3.05, 3.63) is 77.4 Å². The van der Waals surface area contributed by atoms with Gasteiger partial charge >= 0.3 is 0 Å². The van der Waals surface area contributed by atoms with E-state index in [0.717, 1.165) is 28.0 Å². The Morgan fingerprint density at radius 2 is 1.87 bits per heavy atom. The van der Waals surface area contributed by atoms with Gasteiger partial charge in [0.1, 0.15) is 0 Å². The molecule has 0 N–H and O–H groups in total. The second-order valence-corrected chi connectivity index (χ2v) is 6.38. The third-order valence-corrected chi connectivity index (χ3v) is 4.85. The molecule has 2 heteroatoms. The molecule has 4 rings (SSSR count). The van der Waals surface area contributed by atoms with Gasteiger partial charge in [-0.2, -0.15) is 0 Å². The molecule has 1 amide bonds. The van der Waals surface area contributed by atoms with Crippen molar-refractivity contribution in [2.45, 2.75) is 25.3 Å². The zero-order chi connectivity index (χ0) is 16.2. The molecule has 2 aromatic rings. The predicted molar refractivity (Wildman–Crippen MR) is 92.4 cm³/mol. The van der Waals surface area contributed by atoms with E-state index in [1.807, 2.05) is 48.2 Å². The van der Waals surface area contributed by atoms with Gasteiger partial charge in [-0.15, -0.1) is 0 Å². The number of para-hydroxylation sites is 1. The fraction of sp³-hybridized carbons (Fsp3) is 0.190. The van der Waals surface area contributed by atoms with Gasteiger partial charge in [-0.25, -0.2) is 0 Å². The molecule has 2 aliphatic heterocycles. The summed E-state index contributed by atoms with van der Waals surface area (Å²) in [5.41, 5.74) is 4.31. The van der Waals surface area contributed by atoms with Crippen molar-refractivity contribution in [2.24, 2.45) is 0 Å². The Labute approximate surface area is 136 Å².